The first kappa shape index (κ1) is 9.21. The normalized spacial score (nSPS) is 24.7. The minimum atomic E-state index is -0.0192. The minimum Gasteiger partial charge on any atom is -0.364 e. The van der Waals surface area contributed by atoms with Crippen molar-refractivity contribution in [2.45, 2.75) is 31.8 Å². The Morgan fingerprint density at radius 1 is 1.86 bits per heavy atom. The zero-order valence-corrected chi connectivity index (χ0v) is 7.99. The molecule has 0 saturated heterocycles. The summed E-state index contributed by atoms with van der Waals surface area (Å²) in [5, 5.41) is 6.54. The number of hydrogen-bond acceptors (Lipinski definition) is 4. The van der Waals surface area contributed by atoms with Gasteiger partial charge < -0.3 is 15.6 Å². The second-order valence-corrected chi connectivity index (χ2v) is 3.68. The summed E-state index contributed by atoms with van der Waals surface area (Å²) < 4.78 is 4.73. The maximum absolute atomic E-state index is 11.4. The maximum atomic E-state index is 11.4. The predicted molar refractivity (Wildman–Crippen MR) is 49.5 cm³/mol. The number of nitrogens with zero attached hydrogens (tertiary/aromatic N) is 1. The van der Waals surface area contributed by atoms with Gasteiger partial charge in [0.05, 0.1) is 12.1 Å². The van der Waals surface area contributed by atoms with Crippen LogP contribution in [-0.4, -0.2) is 23.1 Å². The van der Waals surface area contributed by atoms with Gasteiger partial charge in [-0.25, -0.2) is 0 Å². The molecule has 0 aromatic carbocycles. The van der Waals surface area contributed by atoms with Crippen LogP contribution >= 0.6 is 0 Å². The molecule has 1 aromatic heterocycles. The van der Waals surface area contributed by atoms with Crippen molar-refractivity contribution in [3.05, 3.63) is 17.5 Å². The summed E-state index contributed by atoms with van der Waals surface area (Å²) in [4.78, 5) is 11.4. The number of hydrogen-bond donors (Lipinski definition) is 2. The number of carbonyl (C=O) groups is 1. The van der Waals surface area contributed by atoms with Crippen LogP contribution in [-0.2, 0) is 11.2 Å². The predicted octanol–water partition coefficient (Wildman–Crippen LogP) is -0.259. The van der Waals surface area contributed by atoms with Crippen LogP contribution in [0.15, 0.2) is 10.8 Å². The molecular formula is C9H13N3O2. The highest BCUT2D eigenvalue weighted by Gasteiger charge is 2.34. The van der Waals surface area contributed by atoms with E-state index in [0.29, 0.717) is 6.42 Å². The smallest absolute Gasteiger partial charge is 0.224 e. The third-order valence-electron chi connectivity index (χ3n) is 2.39. The van der Waals surface area contributed by atoms with E-state index in [-0.39, 0.29) is 18.0 Å². The van der Waals surface area contributed by atoms with E-state index in [1.807, 2.05) is 6.92 Å². The van der Waals surface area contributed by atoms with Gasteiger partial charge in [0.25, 0.3) is 0 Å². The Morgan fingerprint density at radius 2 is 2.57 bits per heavy atom. The molecule has 1 amide bonds. The van der Waals surface area contributed by atoms with Crippen molar-refractivity contribution >= 4 is 5.91 Å². The monoisotopic (exact) mass is 195 g/mol. The molecule has 14 heavy (non-hydrogen) atoms. The van der Waals surface area contributed by atoms with Crippen molar-refractivity contribution < 1.29 is 9.32 Å². The summed E-state index contributed by atoms with van der Waals surface area (Å²) >= 11 is 0. The fourth-order valence-electron chi connectivity index (χ4n) is 1.29. The molecule has 0 spiro atoms. The summed E-state index contributed by atoms with van der Waals surface area (Å²) in [5.74, 6) is -0.0192. The van der Waals surface area contributed by atoms with Crippen molar-refractivity contribution in [2.75, 3.05) is 0 Å². The topological polar surface area (TPSA) is 81.2 Å². The van der Waals surface area contributed by atoms with Crippen molar-refractivity contribution in [3.63, 3.8) is 0 Å². The second kappa shape index (κ2) is 3.42. The zero-order chi connectivity index (χ0) is 10.1. The number of nitrogens with one attached hydrogen (secondary N) is 1. The lowest BCUT2D eigenvalue weighted by molar-refractivity contribution is -0.120. The number of rotatable bonds is 3. The van der Waals surface area contributed by atoms with Gasteiger partial charge in [0.2, 0.25) is 5.91 Å². The fourth-order valence-corrected chi connectivity index (χ4v) is 1.29. The molecule has 76 valence electrons. The second-order valence-electron chi connectivity index (χ2n) is 3.68. The first-order valence-corrected chi connectivity index (χ1v) is 4.61. The largest absolute Gasteiger partial charge is 0.364 e. The quantitative estimate of drug-likeness (QED) is 0.696. The molecule has 1 saturated carbocycles. The van der Waals surface area contributed by atoms with E-state index in [0.717, 1.165) is 17.7 Å². The van der Waals surface area contributed by atoms with Gasteiger partial charge in [-0.3, -0.25) is 4.79 Å². The molecule has 2 atom stereocenters. The highest BCUT2D eigenvalue weighted by Crippen LogP contribution is 2.18. The van der Waals surface area contributed by atoms with Gasteiger partial charge >= 0.3 is 0 Å². The Bertz CT molecular complexity index is 348. The zero-order valence-electron chi connectivity index (χ0n) is 7.99. The van der Waals surface area contributed by atoms with Gasteiger partial charge in [-0.1, -0.05) is 5.16 Å². The van der Waals surface area contributed by atoms with E-state index in [4.69, 9.17) is 10.3 Å². The van der Waals surface area contributed by atoms with Crippen molar-refractivity contribution in [3.8, 4) is 0 Å². The van der Waals surface area contributed by atoms with E-state index in [9.17, 15) is 4.79 Å². The molecule has 1 aromatic rings. The molecule has 2 unspecified atom stereocenters. The summed E-state index contributed by atoms with van der Waals surface area (Å²) in [5.41, 5.74) is 7.17. The van der Waals surface area contributed by atoms with E-state index < -0.39 is 0 Å². The highest BCUT2D eigenvalue weighted by atomic mass is 16.5. The standard InChI is InChI=1S/C9H13N3O2/c1-5-6(4-14-12-5)2-9(13)11-8-3-7(8)10/h4,7-8H,2-3,10H2,1H3,(H,11,13). The Labute approximate surface area is 81.6 Å². The molecule has 1 fully saturated rings. The summed E-state index contributed by atoms with van der Waals surface area (Å²) in [6.07, 6.45) is 2.70. The van der Waals surface area contributed by atoms with Gasteiger partial charge in [0.1, 0.15) is 6.26 Å². The lowest BCUT2D eigenvalue weighted by Gasteiger charge is -2.01. The Balaban J connectivity index is 1.85. The Morgan fingerprint density at radius 3 is 3.07 bits per heavy atom. The molecule has 3 N–H and O–H groups in total. The third kappa shape index (κ3) is 1.93. The summed E-state index contributed by atoms with van der Waals surface area (Å²) in [6, 6.07) is 0.310. The number of carbonyl (C=O) groups excluding carboxylic acids is 1. The lowest BCUT2D eigenvalue weighted by atomic mass is 10.2. The number of aryl methyl sites for hydroxylation is 1. The van der Waals surface area contributed by atoms with E-state index in [1.54, 1.807) is 0 Å². The molecule has 0 aliphatic heterocycles. The van der Waals surface area contributed by atoms with Crippen LogP contribution in [0, 0.1) is 6.92 Å². The molecule has 5 nitrogen and oxygen atoms in total. The van der Waals surface area contributed by atoms with Crippen molar-refractivity contribution in [2.24, 2.45) is 5.73 Å². The molecule has 5 heteroatoms. The van der Waals surface area contributed by atoms with Crippen LogP contribution in [0.3, 0.4) is 0 Å². The molecular weight excluding hydrogens is 182 g/mol. The van der Waals surface area contributed by atoms with Crippen LogP contribution in [0.25, 0.3) is 0 Å². The van der Waals surface area contributed by atoms with Crippen molar-refractivity contribution in [1.29, 1.82) is 0 Å². The van der Waals surface area contributed by atoms with Crippen molar-refractivity contribution in [1.82, 2.24) is 10.5 Å². The Hall–Kier alpha value is -1.36. The summed E-state index contributed by atoms with van der Waals surface area (Å²) in [6.45, 7) is 1.81. The van der Waals surface area contributed by atoms with Gasteiger partial charge in [-0.15, -0.1) is 0 Å². The number of aromatic nitrogens is 1. The van der Waals surface area contributed by atoms with Crippen LogP contribution in [0.4, 0.5) is 0 Å². The highest BCUT2D eigenvalue weighted by molar-refractivity contribution is 5.79. The molecule has 0 bridgehead atoms. The molecule has 1 aliphatic rings. The SMILES string of the molecule is Cc1nocc1CC(=O)NC1CC1N. The minimum absolute atomic E-state index is 0.0192. The van der Waals surface area contributed by atoms with Crippen LogP contribution < -0.4 is 11.1 Å². The average Bonchev–Trinajstić information content (AvgIpc) is 2.63. The first-order chi connectivity index (χ1) is 6.66. The molecule has 1 heterocycles. The van der Waals surface area contributed by atoms with Gasteiger partial charge in [0.15, 0.2) is 0 Å². The Kier molecular flexibility index (Phi) is 2.25. The summed E-state index contributed by atoms with van der Waals surface area (Å²) in [7, 11) is 0. The third-order valence-corrected chi connectivity index (χ3v) is 2.39. The molecule has 2 rings (SSSR count). The van der Waals surface area contributed by atoms with Gasteiger partial charge in [-0.2, -0.15) is 0 Å². The number of amides is 1. The van der Waals surface area contributed by atoms with Crippen LogP contribution in [0.5, 0.6) is 0 Å². The van der Waals surface area contributed by atoms with E-state index >= 15 is 0 Å². The average molecular weight is 195 g/mol. The number of nitrogens with two attached hydrogens (primary N) is 1. The van der Waals surface area contributed by atoms with Gasteiger partial charge in [-0.05, 0) is 13.3 Å². The lowest BCUT2D eigenvalue weighted by Crippen LogP contribution is -2.30. The van der Waals surface area contributed by atoms with E-state index in [2.05, 4.69) is 10.5 Å². The van der Waals surface area contributed by atoms with E-state index in [1.165, 1.54) is 6.26 Å². The maximum Gasteiger partial charge on any atom is 0.224 e. The first-order valence-electron chi connectivity index (χ1n) is 4.61. The molecule has 1 aliphatic carbocycles. The van der Waals surface area contributed by atoms with Crippen LogP contribution in [0.2, 0.25) is 0 Å². The fraction of sp³-hybridized carbons (Fsp3) is 0.556. The van der Waals surface area contributed by atoms with Gasteiger partial charge in [0, 0.05) is 17.6 Å². The van der Waals surface area contributed by atoms with Crippen LogP contribution in [0.1, 0.15) is 17.7 Å². The molecule has 0 radical (unpaired) electrons.